The largest absolute Gasteiger partial charge is 0.489 e. The molecule has 2 amide bonds. The highest BCUT2D eigenvalue weighted by molar-refractivity contribution is 5.95. The van der Waals surface area contributed by atoms with Crippen LogP contribution < -0.4 is 15.0 Å². The molecular formula is C18H25N3O5. The summed E-state index contributed by atoms with van der Waals surface area (Å²) in [5, 5.41) is 11.3. The maximum atomic E-state index is 12.2. The van der Waals surface area contributed by atoms with Crippen LogP contribution in [0.5, 0.6) is 5.75 Å². The van der Waals surface area contributed by atoms with Crippen LogP contribution in [0.2, 0.25) is 0 Å². The van der Waals surface area contributed by atoms with Crippen LogP contribution in [0.1, 0.15) is 29.6 Å². The van der Waals surface area contributed by atoms with E-state index in [0.717, 1.165) is 5.69 Å². The van der Waals surface area contributed by atoms with Crippen LogP contribution in [-0.4, -0.2) is 68.1 Å². The quantitative estimate of drug-likeness (QED) is 0.700. The van der Waals surface area contributed by atoms with Crippen LogP contribution in [0, 0.1) is 0 Å². The highest BCUT2D eigenvalue weighted by atomic mass is 16.5. The van der Waals surface area contributed by atoms with E-state index in [2.05, 4.69) is 5.32 Å². The molecule has 26 heavy (non-hydrogen) atoms. The number of carboxylic acids is 1. The van der Waals surface area contributed by atoms with Gasteiger partial charge < -0.3 is 25.0 Å². The molecule has 1 aromatic rings. The van der Waals surface area contributed by atoms with Gasteiger partial charge in [-0.1, -0.05) is 0 Å². The van der Waals surface area contributed by atoms with Gasteiger partial charge in [0.2, 0.25) is 5.91 Å². The normalized spacial score (nSPS) is 15.7. The second-order valence-corrected chi connectivity index (χ2v) is 6.51. The zero-order valence-corrected chi connectivity index (χ0v) is 15.3. The lowest BCUT2D eigenvalue weighted by Gasteiger charge is -2.35. The van der Waals surface area contributed by atoms with E-state index in [1.165, 1.54) is 4.90 Å². The van der Waals surface area contributed by atoms with E-state index in [1.54, 1.807) is 32.3 Å². The van der Waals surface area contributed by atoms with Crippen molar-refractivity contribution in [2.24, 2.45) is 0 Å². The summed E-state index contributed by atoms with van der Waals surface area (Å²) in [6, 6.07) is 5.11. The number of aliphatic carboxylic acids is 1. The van der Waals surface area contributed by atoms with Gasteiger partial charge in [-0.2, -0.15) is 0 Å². The lowest BCUT2D eigenvalue weighted by Crippen LogP contribution is -2.44. The number of ether oxygens (including phenoxy) is 1. The molecule has 0 bridgehead atoms. The molecule has 8 heteroatoms. The Balaban J connectivity index is 1.98. The number of carbonyl (C=O) groups excluding carboxylic acids is 2. The summed E-state index contributed by atoms with van der Waals surface area (Å²) < 4.78 is 5.74. The third-order valence-corrected chi connectivity index (χ3v) is 4.28. The van der Waals surface area contributed by atoms with Crippen LogP contribution in [0.15, 0.2) is 18.2 Å². The molecule has 1 aliphatic rings. The molecule has 1 atom stereocenters. The summed E-state index contributed by atoms with van der Waals surface area (Å²) in [5.41, 5.74) is 1.33. The fourth-order valence-electron chi connectivity index (χ4n) is 2.75. The molecule has 8 nitrogen and oxygen atoms in total. The second kappa shape index (κ2) is 8.55. The Bertz CT molecular complexity index is 689. The number of carboxylic acid groups (broad SMARTS) is 1. The van der Waals surface area contributed by atoms with Crippen molar-refractivity contribution in [3.8, 4) is 5.75 Å². The maximum Gasteiger partial charge on any atom is 0.303 e. The molecule has 0 aliphatic carbocycles. The molecule has 0 aromatic heterocycles. The topological polar surface area (TPSA) is 99.2 Å². The molecular weight excluding hydrogens is 338 g/mol. The van der Waals surface area contributed by atoms with Gasteiger partial charge in [0.15, 0.2) is 0 Å². The summed E-state index contributed by atoms with van der Waals surface area (Å²) in [7, 11) is 5.26. The van der Waals surface area contributed by atoms with Crippen LogP contribution in [0.25, 0.3) is 0 Å². The predicted molar refractivity (Wildman–Crippen MR) is 96.6 cm³/mol. The predicted octanol–water partition coefficient (Wildman–Crippen LogP) is 0.957. The third kappa shape index (κ3) is 4.87. The van der Waals surface area contributed by atoms with Gasteiger partial charge in [-0.15, -0.1) is 0 Å². The molecule has 0 spiro atoms. The van der Waals surface area contributed by atoms with Gasteiger partial charge in [0, 0.05) is 39.7 Å². The Hall–Kier alpha value is -2.77. The molecule has 1 aliphatic heterocycles. The fraction of sp³-hybridized carbons (Fsp3) is 0.500. The molecule has 2 N–H and O–H groups in total. The monoisotopic (exact) mass is 363 g/mol. The number of likely N-dealkylation sites (N-methyl/N-ethyl adjacent to an activating group) is 1. The van der Waals surface area contributed by atoms with Crippen LogP contribution in [0.3, 0.4) is 0 Å². The Labute approximate surface area is 152 Å². The fourth-order valence-corrected chi connectivity index (χ4v) is 2.75. The molecule has 142 valence electrons. The summed E-state index contributed by atoms with van der Waals surface area (Å²) >= 11 is 0. The summed E-state index contributed by atoms with van der Waals surface area (Å²) in [4.78, 5) is 38.2. The number of fused-ring (bicyclic) bond motifs is 1. The van der Waals surface area contributed by atoms with Crippen molar-refractivity contribution in [2.45, 2.75) is 25.3 Å². The van der Waals surface area contributed by atoms with Gasteiger partial charge >= 0.3 is 5.97 Å². The Morgan fingerprint density at radius 2 is 2.08 bits per heavy atom. The maximum absolute atomic E-state index is 12.2. The van der Waals surface area contributed by atoms with Gasteiger partial charge in [-0.05, 0) is 24.6 Å². The number of rotatable bonds is 7. The first-order valence-corrected chi connectivity index (χ1v) is 8.49. The number of amides is 2. The van der Waals surface area contributed by atoms with Crippen molar-refractivity contribution in [2.75, 3.05) is 39.2 Å². The summed E-state index contributed by atoms with van der Waals surface area (Å²) in [6.45, 7) is 0.702. The summed E-state index contributed by atoms with van der Waals surface area (Å²) in [5.74, 6) is -0.445. The first-order valence-electron chi connectivity index (χ1n) is 8.49. The van der Waals surface area contributed by atoms with E-state index in [9.17, 15) is 14.4 Å². The lowest BCUT2D eigenvalue weighted by atomic mass is 10.1. The van der Waals surface area contributed by atoms with E-state index in [4.69, 9.17) is 9.84 Å². The minimum atomic E-state index is -0.876. The molecule has 1 unspecified atom stereocenters. The minimum Gasteiger partial charge on any atom is -0.489 e. The smallest absolute Gasteiger partial charge is 0.303 e. The van der Waals surface area contributed by atoms with E-state index in [0.29, 0.717) is 30.9 Å². The standard InChI is InChI=1S/C18H25N3O5/c1-20(2)18(25)12-6-7-15-14(9-12)21(3)13(11-26-15)10-16(22)19-8-4-5-17(23)24/h6-7,9,13H,4-5,8,10-11H2,1-3H3,(H,19,22)(H,23,24). The van der Waals surface area contributed by atoms with Crippen molar-refractivity contribution >= 4 is 23.5 Å². The number of hydrogen-bond donors (Lipinski definition) is 2. The lowest BCUT2D eigenvalue weighted by molar-refractivity contribution is -0.137. The SMILES string of the molecule is CN(C)C(=O)c1ccc2c(c1)N(C)C(CC(=O)NCCCC(=O)O)CO2. The van der Waals surface area contributed by atoms with E-state index in [1.807, 2.05) is 11.9 Å². The van der Waals surface area contributed by atoms with Crippen LogP contribution >= 0.6 is 0 Å². The molecule has 1 aromatic carbocycles. The van der Waals surface area contributed by atoms with Crippen molar-refractivity contribution in [1.82, 2.24) is 10.2 Å². The molecule has 0 fully saturated rings. The van der Waals surface area contributed by atoms with Gasteiger partial charge in [0.25, 0.3) is 5.91 Å². The van der Waals surface area contributed by atoms with Crippen molar-refractivity contribution in [3.05, 3.63) is 23.8 Å². The van der Waals surface area contributed by atoms with Crippen molar-refractivity contribution in [1.29, 1.82) is 0 Å². The van der Waals surface area contributed by atoms with Gasteiger partial charge in [-0.3, -0.25) is 14.4 Å². The first-order chi connectivity index (χ1) is 12.3. The number of benzene rings is 1. The minimum absolute atomic E-state index is 0.0305. The molecule has 0 saturated heterocycles. The number of hydrogen-bond acceptors (Lipinski definition) is 5. The first kappa shape index (κ1) is 19.6. The molecule has 2 rings (SSSR count). The average Bonchev–Trinajstić information content (AvgIpc) is 2.60. The van der Waals surface area contributed by atoms with Gasteiger partial charge in [0.05, 0.1) is 18.2 Å². The van der Waals surface area contributed by atoms with Crippen molar-refractivity contribution in [3.63, 3.8) is 0 Å². The highest BCUT2D eigenvalue weighted by Crippen LogP contribution is 2.34. The van der Waals surface area contributed by atoms with E-state index >= 15 is 0 Å². The number of carbonyl (C=O) groups is 3. The van der Waals surface area contributed by atoms with E-state index < -0.39 is 5.97 Å². The number of anilines is 1. The third-order valence-electron chi connectivity index (χ3n) is 4.28. The Morgan fingerprint density at radius 1 is 1.35 bits per heavy atom. The van der Waals surface area contributed by atoms with Gasteiger partial charge in [-0.25, -0.2) is 0 Å². The zero-order valence-electron chi connectivity index (χ0n) is 15.3. The Morgan fingerprint density at radius 3 is 2.73 bits per heavy atom. The van der Waals surface area contributed by atoms with Crippen molar-refractivity contribution < 1.29 is 24.2 Å². The zero-order chi connectivity index (χ0) is 19.3. The number of nitrogens with one attached hydrogen (secondary N) is 1. The second-order valence-electron chi connectivity index (χ2n) is 6.51. The van der Waals surface area contributed by atoms with Crippen LogP contribution in [-0.2, 0) is 9.59 Å². The van der Waals surface area contributed by atoms with E-state index in [-0.39, 0.29) is 30.7 Å². The molecule has 0 radical (unpaired) electrons. The highest BCUT2D eigenvalue weighted by Gasteiger charge is 2.27. The van der Waals surface area contributed by atoms with Gasteiger partial charge in [0.1, 0.15) is 12.4 Å². The summed E-state index contributed by atoms with van der Waals surface area (Å²) in [6.07, 6.45) is 0.661. The van der Waals surface area contributed by atoms with Crippen LogP contribution in [0.4, 0.5) is 5.69 Å². The number of nitrogens with zero attached hydrogens (tertiary/aromatic N) is 2. The average molecular weight is 363 g/mol. The molecule has 1 heterocycles. The Kier molecular flexibility index (Phi) is 6.43. The molecule has 0 saturated carbocycles.